The minimum atomic E-state index is -0.0123. The SMILES string of the molecule is N#Cc1ccc(-c2ccc(OCCC[C@@H]3CCN(NC(=O)N4CCOCC4)C3)cc2)cc1. The lowest BCUT2D eigenvalue weighted by Gasteiger charge is -2.29. The van der Waals surface area contributed by atoms with Gasteiger partial charge in [0.15, 0.2) is 0 Å². The molecule has 32 heavy (non-hydrogen) atoms. The fourth-order valence-corrected chi connectivity index (χ4v) is 4.19. The van der Waals surface area contributed by atoms with Crippen LogP contribution in [-0.2, 0) is 4.74 Å². The number of nitrogens with one attached hydrogen (secondary N) is 1. The van der Waals surface area contributed by atoms with E-state index in [0.29, 0.717) is 44.4 Å². The van der Waals surface area contributed by atoms with E-state index >= 15 is 0 Å². The van der Waals surface area contributed by atoms with E-state index in [1.54, 1.807) is 0 Å². The Balaban J connectivity index is 1.14. The lowest BCUT2D eigenvalue weighted by molar-refractivity contribution is 0.0474. The molecule has 0 aliphatic carbocycles. The van der Waals surface area contributed by atoms with Crippen LogP contribution < -0.4 is 10.2 Å². The summed E-state index contributed by atoms with van der Waals surface area (Å²) < 4.78 is 11.2. The molecular formula is C25H30N4O3. The predicted molar refractivity (Wildman–Crippen MR) is 122 cm³/mol. The number of benzene rings is 2. The van der Waals surface area contributed by atoms with Gasteiger partial charge in [0, 0.05) is 26.2 Å². The number of urea groups is 1. The lowest BCUT2D eigenvalue weighted by atomic mass is 10.0. The van der Waals surface area contributed by atoms with Gasteiger partial charge in [-0.2, -0.15) is 5.26 Å². The summed E-state index contributed by atoms with van der Waals surface area (Å²) in [5, 5.41) is 11.0. The van der Waals surface area contributed by atoms with Crippen molar-refractivity contribution in [3.63, 3.8) is 0 Å². The van der Waals surface area contributed by atoms with E-state index in [2.05, 4.69) is 11.5 Å². The molecule has 0 aromatic heterocycles. The predicted octanol–water partition coefficient (Wildman–Crippen LogP) is 3.66. The van der Waals surface area contributed by atoms with Crippen LogP contribution >= 0.6 is 0 Å². The lowest BCUT2D eigenvalue weighted by Crippen LogP contribution is -2.51. The second kappa shape index (κ2) is 11.0. The number of nitrogens with zero attached hydrogens (tertiary/aromatic N) is 3. The highest BCUT2D eigenvalue weighted by molar-refractivity contribution is 5.73. The van der Waals surface area contributed by atoms with E-state index in [0.717, 1.165) is 49.2 Å². The standard InChI is InChI=1S/C25H30N4O3/c26-18-20-3-5-22(6-4-20)23-7-9-24(10-8-23)32-15-1-2-21-11-12-29(19-21)27-25(30)28-13-16-31-17-14-28/h3-10,21H,1-2,11-17,19H2,(H,27,30)/t21-/m1/s1. The van der Waals surface area contributed by atoms with Gasteiger partial charge >= 0.3 is 6.03 Å². The third-order valence-corrected chi connectivity index (χ3v) is 6.06. The van der Waals surface area contributed by atoms with E-state index in [9.17, 15) is 4.79 Å². The molecule has 2 aromatic carbocycles. The summed E-state index contributed by atoms with van der Waals surface area (Å²) >= 11 is 0. The first-order valence-electron chi connectivity index (χ1n) is 11.3. The number of carbonyl (C=O) groups is 1. The van der Waals surface area contributed by atoms with Crippen LogP contribution in [0.1, 0.15) is 24.8 Å². The van der Waals surface area contributed by atoms with Gasteiger partial charge in [-0.15, -0.1) is 0 Å². The van der Waals surface area contributed by atoms with Crippen LogP contribution in [0.4, 0.5) is 4.79 Å². The van der Waals surface area contributed by atoms with Gasteiger partial charge in [-0.25, -0.2) is 9.80 Å². The third-order valence-electron chi connectivity index (χ3n) is 6.06. The van der Waals surface area contributed by atoms with E-state index in [1.165, 1.54) is 0 Å². The van der Waals surface area contributed by atoms with E-state index < -0.39 is 0 Å². The first kappa shape index (κ1) is 22.1. The van der Waals surface area contributed by atoms with Gasteiger partial charge in [-0.1, -0.05) is 24.3 Å². The van der Waals surface area contributed by atoms with Crippen LogP contribution in [0.2, 0.25) is 0 Å². The van der Waals surface area contributed by atoms with Gasteiger partial charge in [-0.05, 0) is 60.6 Å². The fraction of sp³-hybridized carbons (Fsp3) is 0.440. The van der Waals surface area contributed by atoms with E-state index in [-0.39, 0.29) is 6.03 Å². The van der Waals surface area contributed by atoms with Crippen molar-refractivity contribution in [3.05, 3.63) is 54.1 Å². The van der Waals surface area contributed by atoms with Crippen LogP contribution in [0.25, 0.3) is 11.1 Å². The number of hydrogen-bond donors (Lipinski definition) is 1. The molecule has 0 saturated carbocycles. The van der Waals surface area contributed by atoms with Crippen molar-refractivity contribution in [2.75, 3.05) is 46.0 Å². The Morgan fingerprint density at radius 3 is 2.44 bits per heavy atom. The molecule has 2 fully saturated rings. The molecule has 1 N–H and O–H groups in total. The van der Waals surface area contributed by atoms with Gasteiger partial charge < -0.3 is 14.4 Å². The number of hydrogen-bond acceptors (Lipinski definition) is 5. The number of amides is 2. The largest absolute Gasteiger partial charge is 0.494 e. The van der Waals surface area contributed by atoms with Gasteiger partial charge in [-0.3, -0.25) is 5.43 Å². The van der Waals surface area contributed by atoms with Crippen molar-refractivity contribution in [2.24, 2.45) is 5.92 Å². The molecule has 0 unspecified atom stereocenters. The van der Waals surface area contributed by atoms with Gasteiger partial charge in [0.05, 0.1) is 31.5 Å². The molecule has 2 amide bonds. The number of hydrazine groups is 1. The summed E-state index contributed by atoms with van der Waals surface area (Å²) in [4.78, 5) is 14.1. The smallest absolute Gasteiger partial charge is 0.332 e. The second-order valence-corrected chi connectivity index (χ2v) is 8.32. The van der Waals surface area contributed by atoms with Gasteiger partial charge in [0.2, 0.25) is 0 Å². The quantitative estimate of drug-likeness (QED) is 0.673. The third kappa shape index (κ3) is 6.00. The summed E-state index contributed by atoms with van der Waals surface area (Å²) in [5.74, 6) is 1.45. The monoisotopic (exact) mass is 434 g/mol. The number of nitriles is 1. The molecule has 2 heterocycles. The minimum Gasteiger partial charge on any atom is -0.494 e. The summed E-state index contributed by atoms with van der Waals surface area (Å²) in [6.07, 6.45) is 3.18. The topological polar surface area (TPSA) is 77.8 Å². The number of carbonyl (C=O) groups excluding carboxylic acids is 1. The van der Waals surface area contributed by atoms with Crippen LogP contribution in [0.5, 0.6) is 5.75 Å². The van der Waals surface area contributed by atoms with Crippen LogP contribution in [-0.4, -0.2) is 61.9 Å². The summed E-state index contributed by atoms with van der Waals surface area (Å²) in [6.45, 7) is 5.05. The number of rotatable bonds is 7. The maximum Gasteiger partial charge on any atom is 0.332 e. The Morgan fingerprint density at radius 1 is 1.06 bits per heavy atom. The van der Waals surface area contributed by atoms with E-state index in [4.69, 9.17) is 14.7 Å². The maximum absolute atomic E-state index is 12.3. The number of morpholine rings is 1. The second-order valence-electron chi connectivity index (χ2n) is 8.32. The Labute approximate surface area is 189 Å². The van der Waals surface area contributed by atoms with Crippen molar-refractivity contribution >= 4 is 6.03 Å². The Kier molecular flexibility index (Phi) is 7.59. The molecule has 4 rings (SSSR count). The van der Waals surface area contributed by atoms with Crippen LogP contribution in [0.15, 0.2) is 48.5 Å². The average molecular weight is 435 g/mol. The summed E-state index contributed by atoms with van der Waals surface area (Å²) in [6, 6.07) is 17.8. The molecular weight excluding hydrogens is 404 g/mol. The highest BCUT2D eigenvalue weighted by Gasteiger charge is 2.25. The van der Waals surface area contributed by atoms with Crippen molar-refractivity contribution in [3.8, 4) is 22.9 Å². The molecule has 1 atom stereocenters. The minimum absolute atomic E-state index is 0.0123. The molecule has 168 valence electrons. The highest BCUT2D eigenvalue weighted by Crippen LogP contribution is 2.24. The Morgan fingerprint density at radius 2 is 1.75 bits per heavy atom. The molecule has 0 bridgehead atoms. The summed E-state index contributed by atoms with van der Waals surface area (Å²) in [5.41, 5.74) is 5.89. The zero-order valence-corrected chi connectivity index (χ0v) is 18.3. The van der Waals surface area contributed by atoms with Crippen molar-refractivity contribution in [1.82, 2.24) is 15.3 Å². The van der Waals surface area contributed by atoms with Gasteiger partial charge in [0.25, 0.3) is 0 Å². The molecule has 2 aromatic rings. The summed E-state index contributed by atoms with van der Waals surface area (Å²) in [7, 11) is 0. The molecule has 2 aliphatic heterocycles. The van der Waals surface area contributed by atoms with Crippen LogP contribution in [0.3, 0.4) is 0 Å². The van der Waals surface area contributed by atoms with Crippen LogP contribution in [0, 0.1) is 17.2 Å². The molecule has 0 radical (unpaired) electrons. The molecule has 7 nitrogen and oxygen atoms in total. The van der Waals surface area contributed by atoms with Crippen molar-refractivity contribution in [2.45, 2.75) is 19.3 Å². The normalized spacial score (nSPS) is 18.8. The zero-order valence-electron chi connectivity index (χ0n) is 18.3. The Bertz CT molecular complexity index is 918. The van der Waals surface area contributed by atoms with Crippen molar-refractivity contribution < 1.29 is 14.3 Å². The molecule has 2 aliphatic rings. The zero-order chi connectivity index (χ0) is 22.2. The first-order chi connectivity index (χ1) is 15.7. The van der Waals surface area contributed by atoms with E-state index in [1.807, 2.05) is 58.4 Å². The Hall–Kier alpha value is -3.08. The maximum atomic E-state index is 12.3. The number of ether oxygens (including phenoxy) is 2. The molecule has 2 saturated heterocycles. The van der Waals surface area contributed by atoms with Crippen molar-refractivity contribution in [1.29, 1.82) is 5.26 Å². The average Bonchev–Trinajstić information content (AvgIpc) is 3.30. The highest BCUT2D eigenvalue weighted by atomic mass is 16.5. The van der Waals surface area contributed by atoms with Gasteiger partial charge in [0.1, 0.15) is 5.75 Å². The molecule has 0 spiro atoms. The fourth-order valence-electron chi connectivity index (χ4n) is 4.19. The first-order valence-corrected chi connectivity index (χ1v) is 11.3. The molecule has 7 heteroatoms.